The normalized spacial score (nSPS) is 11.7. The van der Waals surface area contributed by atoms with Crippen molar-refractivity contribution in [2.75, 3.05) is 0 Å². The number of carbonyl (C=O) groups excluding carboxylic acids is 2. The highest BCUT2D eigenvalue weighted by atomic mass is 16.2. The number of hydrogen-bond acceptors (Lipinski definition) is 2. The van der Waals surface area contributed by atoms with Crippen molar-refractivity contribution in [3.8, 4) is 0 Å². The highest BCUT2D eigenvalue weighted by Crippen LogP contribution is 2.16. The van der Waals surface area contributed by atoms with Crippen LogP contribution in [-0.4, -0.2) is 22.8 Å². The molecule has 2 rings (SSSR count). The Hall–Kier alpha value is -2.62. The van der Waals surface area contributed by atoms with Crippen molar-refractivity contribution in [3.63, 3.8) is 0 Å². The average Bonchev–Trinajstić information content (AvgIpc) is 2.59. The monoisotopic (exact) mass is 310 g/mol. The van der Waals surface area contributed by atoms with Crippen molar-refractivity contribution in [1.29, 1.82) is 0 Å². The summed E-state index contributed by atoms with van der Waals surface area (Å²) in [5, 5.41) is 0. The van der Waals surface area contributed by atoms with Crippen molar-refractivity contribution >= 4 is 11.8 Å². The van der Waals surface area contributed by atoms with E-state index >= 15 is 0 Å². The van der Waals surface area contributed by atoms with Crippen molar-refractivity contribution in [3.05, 3.63) is 71.3 Å². The van der Waals surface area contributed by atoms with Crippen molar-refractivity contribution in [1.82, 2.24) is 4.90 Å². The van der Waals surface area contributed by atoms with E-state index in [1.807, 2.05) is 42.2 Å². The van der Waals surface area contributed by atoms with Crippen LogP contribution in [0.25, 0.3) is 0 Å². The van der Waals surface area contributed by atoms with E-state index in [1.165, 1.54) is 0 Å². The second-order valence-electron chi connectivity index (χ2n) is 5.62. The molecule has 2 amide bonds. The summed E-state index contributed by atoms with van der Waals surface area (Å²) in [5.41, 5.74) is 7.29. The van der Waals surface area contributed by atoms with Gasteiger partial charge in [-0.15, -0.1) is 0 Å². The Morgan fingerprint density at radius 1 is 1.00 bits per heavy atom. The van der Waals surface area contributed by atoms with E-state index in [-0.39, 0.29) is 11.9 Å². The van der Waals surface area contributed by atoms with Crippen LogP contribution in [0.15, 0.2) is 54.6 Å². The maximum absolute atomic E-state index is 12.8. The second kappa shape index (κ2) is 7.58. The zero-order valence-electron chi connectivity index (χ0n) is 13.5. The Morgan fingerprint density at radius 2 is 1.57 bits per heavy atom. The molecule has 0 fully saturated rings. The number of carbonyl (C=O) groups is 2. The van der Waals surface area contributed by atoms with E-state index in [0.717, 1.165) is 12.0 Å². The third-order valence-corrected chi connectivity index (χ3v) is 4.00. The molecule has 0 aliphatic heterocycles. The summed E-state index contributed by atoms with van der Waals surface area (Å²) in [4.78, 5) is 25.8. The second-order valence-corrected chi connectivity index (χ2v) is 5.62. The first kappa shape index (κ1) is 16.7. The lowest BCUT2D eigenvalue weighted by molar-refractivity contribution is 0.0671. The first-order valence-corrected chi connectivity index (χ1v) is 7.77. The molecule has 2 aromatic rings. The summed E-state index contributed by atoms with van der Waals surface area (Å²) >= 11 is 0. The Labute approximate surface area is 136 Å². The van der Waals surface area contributed by atoms with Gasteiger partial charge in [-0.3, -0.25) is 9.59 Å². The lowest BCUT2D eigenvalue weighted by atomic mass is 10.1. The highest BCUT2D eigenvalue weighted by Gasteiger charge is 2.20. The van der Waals surface area contributed by atoms with Gasteiger partial charge in [0.25, 0.3) is 5.91 Å². The molecule has 1 atom stereocenters. The summed E-state index contributed by atoms with van der Waals surface area (Å²) in [6.07, 6.45) is 0.873. The first-order chi connectivity index (χ1) is 11.0. The van der Waals surface area contributed by atoms with Crippen LogP contribution in [0.1, 0.15) is 46.5 Å². The lowest BCUT2D eigenvalue weighted by Gasteiger charge is -2.29. The highest BCUT2D eigenvalue weighted by molar-refractivity contribution is 5.97. The van der Waals surface area contributed by atoms with Gasteiger partial charge in [0, 0.05) is 23.7 Å². The summed E-state index contributed by atoms with van der Waals surface area (Å²) in [5.74, 6) is -0.536. The Balaban J connectivity index is 2.24. The van der Waals surface area contributed by atoms with Crippen molar-refractivity contribution < 1.29 is 9.59 Å². The summed E-state index contributed by atoms with van der Waals surface area (Å²) in [7, 11) is 0. The van der Waals surface area contributed by atoms with Crippen LogP contribution >= 0.6 is 0 Å². The molecule has 0 saturated carbocycles. The zero-order chi connectivity index (χ0) is 16.8. The molecule has 120 valence electrons. The predicted octanol–water partition coefficient (Wildman–Crippen LogP) is 3.23. The van der Waals surface area contributed by atoms with E-state index < -0.39 is 5.91 Å². The molecule has 0 radical (unpaired) electrons. The number of benzene rings is 2. The summed E-state index contributed by atoms with van der Waals surface area (Å²) in [6, 6.07) is 16.5. The van der Waals surface area contributed by atoms with Crippen LogP contribution < -0.4 is 5.73 Å². The average molecular weight is 310 g/mol. The third-order valence-electron chi connectivity index (χ3n) is 4.00. The Morgan fingerprint density at radius 3 is 2.09 bits per heavy atom. The van der Waals surface area contributed by atoms with Gasteiger partial charge in [-0.25, -0.2) is 0 Å². The fourth-order valence-electron chi connectivity index (χ4n) is 2.37. The maximum Gasteiger partial charge on any atom is 0.254 e. The van der Waals surface area contributed by atoms with Crippen LogP contribution in [0.4, 0.5) is 0 Å². The maximum atomic E-state index is 12.8. The van der Waals surface area contributed by atoms with Gasteiger partial charge < -0.3 is 10.6 Å². The topological polar surface area (TPSA) is 63.4 Å². The number of nitrogens with two attached hydrogens (primary N) is 1. The molecule has 4 heteroatoms. The molecule has 2 N–H and O–H groups in total. The lowest BCUT2D eigenvalue weighted by Crippen LogP contribution is -2.37. The van der Waals surface area contributed by atoms with Gasteiger partial charge in [0.1, 0.15) is 0 Å². The third kappa shape index (κ3) is 4.19. The fourth-order valence-corrected chi connectivity index (χ4v) is 2.37. The molecule has 0 heterocycles. The van der Waals surface area contributed by atoms with E-state index in [9.17, 15) is 9.59 Å². The molecule has 1 unspecified atom stereocenters. The van der Waals surface area contributed by atoms with Gasteiger partial charge in [-0.2, -0.15) is 0 Å². The molecule has 0 bridgehead atoms. The number of rotatable bonds is 6. The van der Waals surface area contributed by atoms with Crippen LogP contribution in [0.2, 0.25) is 0 Å². The van der Waals surface area contributed by atoms with Gasteiger partial charge >= 0.3 is 0 Å². The van der Waals surface area contributed by atoms with Crippen LogP contribution in [0, 0.1) is 0 Å². The number of hydrogen-bond donors (Lipinski definition) is 1. The fraction of sp³-hybridized carbons (Fsp3) is 0.263. The van der Waals surface area contributed by atoms with Gasteiger partial charge in [-0.1, -0.05) is 37.3 Å². The molecular formula is C19H22N2O2. The molecule has 23 heavy (non-hydrogen) atoms. The van der Waals surface area contributed by atoms with Crippen LogP contribution in [0.5, 0.6) is 0 Å². The smallest absolute Gasteiger partial charge is 0.254 e. The molecule has 0 spiro atoms. The van der Waals surface area contributed by atoms with Gasteiger partial charge in [0.15, 0.2) is 0 Å². The summed E-state index contributed by atoms with van der Waals surface area (Å²) in [6.45, 7) is 4.66. The minimum absolute atomic E-state index is 0.0424. The van der Waals surface area contributed by atoms with Crippen LogP contribution in [-0.2, 0) is 6.54 Å². The molecule has 0 saturated heterocycles. The first-order valence-electron chi connectivity index (χ1n) is 7.77. The van der Waals surface area contributed by atoms with Crippen LogP contribution in [0.3, 0.4) is 0 Å². The molecule has 0 aliphatic carbocycles. The molecular weight excluding hydrogens is 288 g/mol. The molecule has 2 aromatic carbocycles. The quantitative estimate of drug-likeness (QED) is 0.890. The van der Waals surface area contributed by atoms with E-state index in [2.05, 4.69) is 6.92 Å². The largest absolute Gasteiger partial charge is 0.366 e. The van der Waals surface area contributed by atoms with E-state index in [0.29, 0.717) is 17.7 Å². The number of nitrogens with zero attached hydrogens (tertiary/aromatic N) is 1. The SMILES string of the molecule is CCC(C)N(Cc1ccccc1)C(=O)c1ccc(C(N)=O)cc1. The molecule has 0 aliphatic rings. The zero-order valence-corrected chi connectivity index (χ0v) is 13.5. The number of amides is 2. The van der Waals surface area contributed by atoms with Gasteiger partial charge in [-0.05, 0) is 43.2 Å². The van der Waals surface area contributed by atoms with Gasteiger partial charge in [0.2, 0.25) is 5.91 Å². The Bertz CT molecular complexity index is 666. The van der Waals surface area contributed by atoms with E-state index in [4.69, 9.17) is 5.73 Å². The Kier molecular flexibility index (Phi) is 5.52. The number of primary amides is 1. The van der Waals surface area contributed by atoms with Gasteiger partial charge in [0.05, 0.1) is 0 Å². The molecule has 4 nitrogen and oxygen atoms in total. The standard InChI is InChI=1S/C19H22N2O2/c1-3-14(2)21(13-15-7-5-4-6-8-15)19(23)17-11-9-16(10-12-17)18(20)22/h4-12,14H,3,13H2,1-2H3,(H2,20,22). The van der Waals surface area contributed by atoms with E-state index in [1.54, 1.807) is 24.3 Å². The predicted molar refractivity (Wildman–Crippen MR) is 91.0 cm³/mol. The summed E-state index contributed by atoms with van der Waals surface area (Å²) < 4.78 is 0. The minimum atomic E-state index is -0.493. The van der Waals surface area contributed by atoms with Crippen molar-refractivity contribution in [2.45, 2.75) is 32.9 Å². The minimum Gasteiger partial charge on any atom is -0.366 e. The molecule has 0 aromatic heterocycles. The van der Waals surface area contributed by atoms with Crippen molar-refractivity contribution in [2.24, 2.45) is 5.73 Å².